The number of carbonyl (C=O) groups is 4. The molecule has 12 heteroatoms. The Labute approximate surface area is 245 Å². The van der Waals surface area contributed by atoms with Gasteiger partial charge in [-0.1, -0.05) is 24.3 Å². The lowest BCUT2D eigenvalue weighted by Crippen LogP contribution is -2.35. The number of primary amides is 1. The van der Waals surface area contributed by atoms with E-state index in [4.69, 9.17) is 21.4 Å². The van der Waals surface area contributed by atoms with Crippen molar-refractivity contribution in [1.82, 2.24) is 0 Å². The van der Waals surface area contributed by atoms with Crippen molar-refractivity contribution in [3.63, 3.8) is 0 Å². The second-order valence-electron chi connectivity index (χ2n) is 10.0. The molecule has 9 nitrogen and oxygen atoms in total. The number of carboxylic acid groups (broad SMARTS) is 2. The number of amides is 2. The summed E-state index contributed by atoms with van der Waals surface area (Å²) in [5.74, 6) is -4.46. The zero-order valence-electron chi connectivity index (χ0n) is 23.2. The van der Waals surface area contributed by atoms with Crippen LogP contribution in [0.25, 0.3) is 0 Å². The summed E-state index contributed by atoms with van der Waals surface area (Å²) in [6.45, 7) is -0.0383. The Morgan fingerprint density at radius 3 is 1.86 bits per heavy atom. The number of halogens is 3. The van der Waals surface area contributed by atoms with Crippen molar-refractivity contribution >= 4 is 29.4 Å². The fraction of sp³-hybridized carbons (Fsp3) is 0.290. The lowest BCUT2D eigenvalue weighted by molar-refractivity contribution is -0.192. The summed E-state index contributed by atoms with van der Waals surface area (Å²) in [7, 11) is 0. The van der Waals surface area contributed by atoms with E-state index in [-0.39, 0.29) is 18.4 Å². The molecule has 2 amide bonds. The van der Waals surface area contributed by atoms with Gasteiger partial charge in [-0.05, 0) is 103 Å². The van der Waals surface area contributed by atoms with E-state index in [1.165, 1.54) is 33.6 Å². The summed E-state index contributed by atoms with van der Waals surface area (Å²) in [5, 5.41) is 16.3. The van der Waals surface area contributed by atoms with Crippen molar-refractivity contribution in [1.29, 1.82) is 0 Å². The number of carbonyl (C=O) groups excluding carboxylic acids is 2. The lowest BCUT2D eigenvalue weighted by Gasteiger charge is -2.22. The highest BCUT2D eigenvalue weighted by Gasteiger charge is 2.38. The van der Waals surface area contributed by atoms with Gasteiger partial charge in [-0.2, -0.15) is 13.2 Å². The molecule has 43 heavy (non-hydrogen) atoms. The zero-order valence-corrected chi connectivity index (χ0v) is 23.2. The smallest absolute Gasteiger partial charge is 0.480 e. The quantitative estimate of drug-likeness (QED) is 0.329. The number of alkyl halides is 3. The molecule has 3 aromatic rings. The minimum Gasteiger partial charge on any atom is -0.480 e. The van der Waals surface area contributed by atoms with Crippen LogP contribution >= 0.6 is 0 Å². The Bertz CT molecular complexity index is 1510. The van der Waals surface area contributed by atoms with E-state index in [1.807, 2.05) is 42.5 Å². The zero-order chi connectivity index (χ0) is 31.7. The number of fused-ring (bicyclic) bond motifs is 2. The Morgan fingerprint density at radius 2 is 1.33 bits per heavy atom. The predicted octanol–water partition coefficient (Wildman–Crippen LogP) is 4.27. The molecule has 6 N–H and O–H groups in total. The van der Waals surface area contributed by atoms with Crippen molar-refractivity contribution < 1.29 is 42.6 Å². The third kappa shape index (κ3) is 9.14. The highest BCUT2D eigenvalue weighted by atomic mass is 19.4. The molecular weight excluding hydrogens is 567 g/mol. The summed E-state index contributed by atoms with van der Waals surface area (Å²) < 4.78 is 31.7. The predicted molar refractivity (Wildman–Crippen MR) is 153 cm³/mol. The Morgan fingerprint density at radius 1 is 0.767 bits per heavy atom. The number of benzene rings is 3. The summed E-state index contributed by atoms with van der Waals surface area (Å²) in [6.07, 6.45) is 1.48. The maximum Gasteiger partial charge on any atom is 0.490 e. The van der Waals surface area contributed by atoms with Crippen LogP contribution in [0.3, 0.4) is 0 Å². The first-order valence-electron chi connectivity index (χ1n) is 13.5. The monoisotopic (exact) mass is 599 g/mol. The van der Waals surface area contributed by atoms with Crippen LogP contribution in [0.15, 0.2) is 60.7 Å². The number of carboxylic acids is 2. The Hall–Kier alpha value is -4.71. The molecule has 5 rings (SSSR count). The van der Waals surface area contributed by atoms with Gasteiger partial charge >= 0.3 is 18.1 Å². The van der Waals surface area contributed by atoms with Crippen molar-refractivity contribution in [2.75, 3.05) is 11.4 Å². The van der Waals surface area contributed by atoms with Gasteiger partial charge in [0.15, 0.2) is 0 Å². The summed E-state index contributed by atoms with van der Waals surface area (Å²) >= 11 is 0. The van der Waals surface area contributed by atoms with Crippen LogP contribution in [-0.2, 0) is 41.8 Å². The first-order valence-corrected chi connectivity index (χ1v) is 13.5. The molecule has 228 valence electrons. The number of anilines is 1. The minimum absolute atomic E-state index is 0.328. The van der Waals surface area contributed by atoms with Gasteiger partial charge in [-0.15, -0.1) is 0 Å². The largest absolute Gasteiger partial charge is 0.490 e. The first-order chi connectivity index (χ1) is 20.3. The summed E-state index contributed by atoms with van der Waals surface area (Å²) in [6, 6.07) is 18.5. The maximum atomic E-state index is 12.9. The van der Waals surface area contributed by atoms with Crippen LogP contribution in [0.5, 0.6) is 0 Å². The van der Waals surface area contributed by atoms with Gasteiger partial charge in [-0.25, -0.2) is 4.79 Å². The number of aliphatic carboxylic acids is 2. The molecule has 0 bridgehead atoms. The standard InChI is InChI=1S/C19H20N2O3.C10H11NO.C2HF3O2/c20-11-13-3-1-6-16(9-13)19(24)21(12-18(22)23)17-8-7-14-4-2-5-15(14)10-17;11-10(12)9-5-4-7-2-1-3-8(7)6-9;3-2(4,5)1(6)7/h1,3,6-10H,2,4-5,11-12,20H2,(H,22,23);4-6H,1-3H2,(H2,11,12);(H,6,7). The van der Waals surface area contributed by atoms with Crippen molar-refractivity contribution in [3.8, 4) is 0 Å². The van der Waals surface area contributed by atoms with E-state index >= 15 is 0 Å². The minimum atomic E-state index is -5.08. The number of nitrogens with two attached hydrogens (primary N) is 2. The second-order valence-corrected chi connectivity index (χ2v) is 10.0. The van der Waals surface area contributed by atoms with Gasteiger partial charge in [0.1, 0.15) is 6.54 Å². The van der Waals surface area contributed by atoms with E-state index in [1.54, 1.807) is 18.2 Å². The van der Waals surface area contributed by atoms with Crippen molar-refractivity contribution in [2.45, 2.75) is 51.2 Å². The molecule has 0 aliphatic heterocycles. The normalized spacial score (nSPS) is 12.9. The molecule has 2 aliphatic rings. The molecular formula is C31H32F3N3O6. The molecule has 0 atom stereocenters. The number of nitrogens with zero attached hydrogens (tertiary/aromatic N) is 1. The molecule has 2 aliphatic carbocycles. The fourth-order valence-corrected chi connectivity index (χ4v) is 4.85. The van der Waals surface area contributed by atoms with Crippen LogP contribution in [-0.4, -0.2) is 46.7 Å². The lowest BCUT2D eigenvalue weighted by atomic mass is 10.1. The van der Waals surface area contributed by atoms with Crippen LogP contribution in [0.4, 0.5) is 18.9 Å². The van der Waals surface area contributed by atoms with Crippen LogP contribution in [0.1, 0.15) is 61.4 Å². The molecule has 0 heterocycles. The average Bonchev–Trinajstić information content (AvgIpc) is 3.64. The highest BCUT2D eigenvalue weighted by molar-refractivity contribution is 6.08. The number of rotatable bonds is 6. The third-order valence-corrected chi connectivity index (χ3v) is 6.97. The summed E-state index contributed by atoms with van der Waals surface area (Å²) in [4.78, 5) is 45.2. The molecule has 0 unspecified atom stereocenters. The van der Waals surface area contributed by atoms with E-state index in [9.17, 15) is 32.7 Å². The van der Waals surface area contributed by atoms with Crippen LogP contribution in [0, 0.1) is 0 Å². The van der Waals surface area contributed by atoms with Crippen LogP contribution < -0.4 is 16.4 Å². The van der Waals surface area contributed by atoms with Gasteiger partial charge in [0.25, 0.3) is 5.91 Å². The number of aryl methyl sites for hydroxylation is 4. The Balaban J connectivity index is 0.000000220. The molecule has 0 saturated heterocycles. The second kappa shape index (κ2) is 14.5. The Kier molecular flexibility index (Phi) is 11.0. The van der Waals surface area contributed by atoms with E-state index in [0.717, 1.165) is 37.7 Å². The van der Waals surface area contributed by atoms with Gasteiger partial charge in [0.2, 0.25) is 5.91 Å². The SMILES string of the molecule is NC(=O)c1ccc2c(c1)CCC2.NCc1cccc(C(=O)N(CC(=O)O)c2ccc3c(c2)CCC3)c1.O=C(O)C(F)(F)F. The van der Waals surface area contributed by atoms with Gasteiger partial charge < -0.3 is 21.7 Å². The number of hydrogen-bond donors (Lipinski definition) is 4. The van der Waals surface area contributed by atoms with Crippen LogP contribution in [0.2, 0.25) is 0 Å². The van der Waals surface area contributed by atoms with Gasteiger partial charge in [-0.3, -0.25) is 19.3 Å². The molecule has 0 spiro atoms. The van der Waals surface area contributed by atoms with E-state index in [2.05, 4.69) is 0 Å². The number of hydrogen-bond acceptors (Lipinski definition) is 5. The molecule has 0 fully saturated rings. The third-order valence-electron chi connectivity index (χ3n) is 6.97. The van der Waals surface area contributed by atoms with Crippen molar-refractivity contribution in [3.05, 3.63) is 99.6 Å². The maximum absolute atomic E-state index is 12.9. The topological polar surface area (TPSA) is 164 Å². The van der Waals surface area contributed by atoms with Gasteiger partial charge in [0, 0.05) is 23.4 Å². The van der Waals surface area contributed by atoms with Gasteiger partial charge in [0.05, 0.1) is 0 Å². The first kappa shape index (κ1) is 32.8. The molecule has 3 aromatic carbocycles. The van der Waals surface area contributed by atoms with E-state index in [0.29, 0.717) is 23.4 Å². The molecule has 0 saturated carbocycles. The van der Waals surface area contributed by atoms with E-state index < -0.39 is 18.1 Å². The highest BCUT2D eigenvalue weighted by Crippen LogP contribution is 2.28. The average molecular weight is 600 g/mol. The fourth-order valence-electron chi connectivity index (χ4n) is 4.85. The molecule has 0 aromatic heterocycles. The van der Waals surface area contributed by atoms with Crippen molar-refractivity contribution in [2.24, 2.45) is 11.5 Å². The molecule has 0 radical (unpaired) electrons. The summed E-state index contributed by atoms with van der Waals surface area (Å²) in [5.41, 5.74) is 18.5.